The number of carbonyl (C=O) groups excluding carboxylic acids is 1. The van der Waals surface area contributed by atoms with Gasteiger partial charge in [0.1, 0.15) is 5.75 Å². The molecular weight excluding hydrogens is 304 g/mol. The average molecular weight is 313 g/mol. The minimum atomic E-state index is -1.47. The van der Waals surface area contributed by atoms with Crippen molar-refractivity contribution in [3.63, 3.8) is 0 Å². The van der Waals surface area contributed by atoms with Gasteiger partial charge in [0.15, 0.2) is 0 Å². The first-order valence-electron chi connectivity index (χ1n) is 4.77. The number of hydrogen-bond donors (Lipinski definition) is 2. The number of aliphatic hydroxyl groups is 1. The minimum absolute atomic E-state index is 0.360. The molecule has 0 fully saturated rings. The Hall–Kier alpha value is -2.08. The van der Waals surface area contributed by atoms with Gasteiger partial charge in [-0.25, -0.2) is 9.59 Å². The summed E-state index contributed by atoms with van der Waals surface area (Å²) in [5.74, 6) is -2.64. The Morgan fingerprint density at radius 2 is 1.78 bits per heavy atom. The molecule has 0 aromatic heterocycles. The Balaban J connectivity index is 2.57. The lowest BCUT2D eigenvalue weighted by Crippen LogP contribution is -2.03. The molecule has 0 bridgehead atoms. The number of esters is 1. The maximum atomic E-state index is 11.3. The maximum absolute atomic E-state index is 11.3. The second-order valence-corrected chi connectivity index (χ2v) is 4.01. The summed E-state index contributed by atoms with van der Waals surface area (Å²) in [6, 6.07) is 6.62. The van der Waals surface area contributed by atoms with Crippen molar-refractivity contribution >= 4 is 27.9 Å². The van der Waals surface area contributed by atoms with Crippen molar-refractivity contribution in [2.45, 2.75) is 0 Å². The van der Waals surface area contributed by atoms with Crippen LogP contribution in [0, 0.1) is 0 Å². The van der Waals surface area contributed by atoms with Crippen LogP contribution < -0.4 is 4.74 Å². The van der Waals surface area contributed by atoms with Crippen LogP contribution in [0.2, 0.25) is 0 Å². The fourth-order valence-electron chi connectivity index (χ4n) is 0.942. The van der Waals surface area contributed by atoms with Crippen LogP contribution in [0.15, 0.2) is 52.7 Å². The van der Waals surface area contributed by atoms with Gasteiger partial charge in [-0.1, -0.05) is 22.0 Å². The zero-order valence-electron chi connectivity index (χ0n) is 9.04. The van der Waals surface area contributed by atoms with Crippen molar-refractivity contribution in [1.82, 2.24) is 0 Å². The van der Waals surface area contributed by atoms with Crippen molar-refractivity contribution in [1.29, 1.82) is 0 Å². The number of benzene rings is 1. The number of aliphatic carboxylic acids is 1. The SMILES string of the molecule is O=C(/C=C/C=C(\O)C(=O)O)Oc1ccc(Br)cc1. The molecule has 0 aliphatic carbocycles. The van der Waals surface area contributed by atoms with E-state index in [4.69, 9.17) is 14.9 Å². The second kappa shape index (κ2) is 6.61. The molecule has 0 aliphatic rings. The molecule has 18 heavy (non-hydrogen) atoms. The molecular formula is C12H9BrO5. The molecule has 0 atom stereocenters. The summed E-state index contributed by atoms with van der Waals surface area (Å²) in [5.41, 5.74) is 0. The fraction of sp³-hybridized carbons (Fsp3) is 0. The highest BCUT2D eigenvalue weighted by molar-refractivity contribution is 9.10. The maximum Gasteiger partial charge on any atom is 0.370 e. The third kappa shape index (κ3) is 4.84. The van der Waals surface area contributed by atoms with Gasteiger partial charge in [-0.2, -0.15) is 0 Å². The van der Waals surface area contributed by atoms with Crippen molar-refractivity contribution in [3.8, 4) is 5.75 Å². The normalized spacial score (nSPS) is 11.5. The van der Waals surface area contributed by atoms with Crippen LogP contribution in [-0.4, -0.2) is 22.2 Å². The first kappa shape index (κ1) is 14.0. The van der Waals surface area contributed by atoms with E-state index in [9.17, 15) is 9.59 Å². The van der Waals surface area contributed by atoms with E-state index in [1.165, 1.54) is 0 Å². The lowest BCUT2D eigenvalue weighted by atomic mass is 10.3. The smallest absolute Gasteiger partial charge is 0.370 e. The fourth-order valence-corrected chi connectivity index (χ4v) is 1.21. The topological polar surface area (TPSA) is 83.8 Å². The number of hydrogen-bond acceptors (Lipinski definition) is 4. The van der Waals surface area contributed by atoms with Gasteiger partial charge in [-0.3, -0.25) is 0 Å². The van der Waals surface area contributed by atoms with Crippen LogP contribution in [0.1, 0.15) is 0 Å². The van der Waals surface area contributed by atoms with Crippen LogP contribution in [0.3, 0.4) is 0 Å². The van der Waals surface area contributed by atoms with E-state index in [-0.39, 0.29) is 0 Å². The van der Waals surface area contributed by atoms with Crippen molar-refractivity contribution in [2.75, 3.05) is 0 Å². The molecule has 94 valence electrons. The summed E-state index contributed by atoms with van der Waals surface area (Å²) in [4.78, 5) is 21.5. The molecule has 1 rings (SSSR count). The molecule has 1 aromatic carbocycles. The highest BCUT2D eigenvalue weighted by Crippen LogP contribution is 2.16. The van der Waals surface area contributed by atoms with E-state index in [0.29, 0.717) is 5.75 Å². The molecule has 0 saturated heterocycles. The first-order chi connectivity index (χ1) is 8.49. The number of rotatable bonds is 4. The number of carbonyl (C=O) groups is 2. The quantitative estimate of drug-likeness (QED) is 0.293. The minimum Gasteiger partial charge on any atom is -0.502 e. The molecule has 0 radical (unpaired) electrons. The zero-order valence-corrected chi connectivity index (χ0v) is 10.6. The third-order valence-corrected chi connectivity index (χ3v) is 2.27. The summed E-state index contributed by atoms with van der Waals surface area (Å²) in [5, 5.41) is 17.1. The van der Waals surface area contributed by atoms with Crippen LogP contribution in [0.25, 0.3) is 0 Å². The van der Waals surface area contributed by atoms with Crippen LogP contribution in [-0.2, 0) is 9.59 Å². The van der Waals surface area contributed by atoms with E-state index in [1.54, 1.807) is 24.3 Å². The number of allylic oxidation sites excluding steroid dienone is 2. The molecule has 0 unspecified atom stereocenters. The van der Waals surface area contributed by atoms with E-state index in [1.807, 2.05) is 0 Å². The Kier molecular flexibility index (Phi) is 5.13. The standard InChI is InChI=1S/C12H9BrO5/c13-8-4-6-9(7-5-8)18-11(15)3-1-2-10(14)12(16)17/h1-7,14H,(H,16,17)/b3-1+,10-2-. The average Bonchev–Trinajstić information content (AvgIpc) is 2.32. The molecule has 1 aromatic rings. The van der Waals surface area contributed by atoms with Gasteiger partial charge in [-0.05, 0) is 30.3 Å². The third-order valence-electron chi connectivity index (χ3n) is 1.74. The molecule has 0 aliphatic heterocycles. The van der Waals surface area contributed by atoms with E-state index in [2.05, 4.69) is 15.9 Å². The highest BCUT2D eigenvalue weighted by Gasteiger charge is 2.02. The Labute approximate surface area is 111 Å². The Bertz CT molecular complexity index is 502. The molecule has 5 nitrogen and oxygen atoms in total. The molecule has 0 spiro atoms. The molecule has 0 amide bonds. The molecule has 0 saturated carbocycles. The van der Waals surface area contributed by atoms with Crippen LogP contribution in [0.5, 0.6) is 5.75 Å². The molecule has 0 heterocycles. The number of carboxylic acids is 1. The predicted molar refractivity (Wildman–Crippen MR) is 67.3 cm³/mol. The summed E-state index contributed by atoms with van der Waals surface area (Å²) in [6.07, 6.45) is 2.97. The number of ether oxygens (including phenoxy) is 1. The van der Waals surface area contributed by atoms with Gasteiger partial charge >= 0.3 is 11.9 Å². The number of halogens is 1. The largest absolute Gasteiger partial charge is 0.502 e. The Morgan fingerprint density at radius 1 is 1.17 bits per heavy atom. The van der Waals surface area contributed by atoms with Gasteiger partial charge in [0.25, 0.3) is 0 Å². The first-order valence-corrected chi connectivity index (χ1v) is 5.56. The van der Waals surface area contributed by atoms with E-state index < -0.39 is 17.7 Å². The van der Waals surface area contributed by atoms with Gasteiger partial charge in [0.05, 0.1) is 0 Å². The zero-order chi connectivity index (χ0) is 13.5. The van der Waals surface area contributed by atoms with Crippen LogP contribution in [0.4, 0.5) is 0 Å². The lowest BCUT2D eigenvalue weighted by molar-refractivity contribution is -0.135. The summed E-state index contributed by atoms with van der Waals surface area (Å²) < 4.78 is 5.76. The van der Waals surface area contributed by atoms with E-state index in [0.717, 1.165) is 22.7 Å². The molecule has 6 heteroatoms. The monoisotopic (exact) mass is 312 g/mol. The van der Waals surface area contributed by atoms with Crippen molar-refractivity contribution < 1.29 is 24.5 Å². The highest BCUT2D eigenvalue weighted by atomic mass is 79.9. The summed E-state index contributed by atoms with van der Waals surface area (Å²) in [7, 11) is 0. The second-order valence-electron chi connectivity index (χ2n) is 3.09. The number of carboxylic acid groups (broad SMARTS) is 1. The van der Waals surface area contributed by atoms with Crippen molar-refractivity contribution in [2.24, 2.45) is 0 Å². The van der Waals surface area contributed by atoms with Gasteiger partial charge < -0.3 is 14.9 Å². The lowest BCUT2D eigenvalue weighted by Gasteiger charge is -2.00. The molecule has 2 N–H and O–H groups in total. The Morgan fingerprint density at radius 3 is 2.33 bits per heavy atom. The number of aliphatic hydroxyl groups excluding tert-OH is 1. The predicted octanol–water partition coefficient (Wildman–Crippen LogP) is 2.44. The van der Waals surface area contributed by atoms with E-state index >= 15 is 0 Å². The van der Waals surface area contributed by atoms with Crippen LogP contribution >= 0.6 is 15.9 Å². The summed E-state index contributed by atoms with van der Waals surface area (Å²) >= 11 is 3.24. The summed E-state index contributed by atoms with van der Waals surface area (Å²) in [6.45, 7) is 0. The van der Waals surface area contributed by atoms with Crippen molar-refractivity contribution in [3.05, 3.63) is 52.7 Å². The van der Waals surface area contributed by atoms with Gasteiger partial charge in [0, 0.05) is 10.5 Å². The van der Waals surface area contributed by atoms with Gasteiger partial charge in [0.2, 0.25) is 5.76 Å². The van der Waals surface area contributed by atoms with Gasteiger partial charge in [-0.15, -0.1) is 0 Å².